The number of rotatable bonds is 4. The zero-order valence-corrected chi connectivity index (χ0v) is 14.5. The van der Waals surface area contributed by atoms with E-state index < -0.39 is 8.07 Å². The van der Waals surface area contributed by atoms with Gasteiger partial charge in [0.2, 0.25) is 0 Å². The van der Waals surface area contributed by atoms with Gasteiger partial charge in [-0.1, -0.05) is 61.2 Å². The molecule has 3 heteroatoms. The first kappa shape index (κ1) is 15.0. The van der Waals surface area contributed by atoms with Gasteiger partial charge >= 0.3 is 5.97 Å². The van der Waals surface area contributed by atoms with Crippen molar-refractivity contribution < 1.29 is 9.53 Å². The van der Waals surface area contributed by atoms with Crippen molar-refractivity contribution in [3.05, 3.63) is 70.5 Å². The average molecular weight is 310 g/mol. The van der Waals surface area contributed by atoms with E-state index in [1.165, 1.54) is 21.9 Å². The number of carbonyl (C=O) groups excluding carboxylic acids is 1. The van der Waals surface area contributed by atoms with E-state index in [-0.39, 0.29) is 11.9 Å². The molecule has 0 spiro atoms. The molecule has 1 heterocycles. The van der Waals surface area contributed by atoms with Crippen LogP contribution in [0.1, 0.15) is 17.9 Å². The summed E-state index contributed by atoms with van der Waals surface area (Å²) in [5.74, 6) is 0.0971. The van der Waals surface area contributed by atoms with Crippen LogP contribution in [0.15, 0.2) is 64.9 Å². The molecule has 1 aliphatic heterocycles. The number of ether oxygens (including phenoxy) is 1. The quantitative estimate of drug-likeness (QED) is 0.468. The van der Waals surface area contributed by atoms with Crippen molar-refractivity contribution in [2.24, 2.45) is 0 Å². The van der Waals surface area contributed by atoms with Crippen molar-refractivity contribution in [1.82, 2.24) is 0 Å². The van der Waals surface area contributed by atoms with Crippen LogP contribution in [0.5, 0.6) is 0 Å². The first-order valence-corrected chi connectivity index (χ1v) is 11.2. The minimum absolute atomic E-state index is 0.172. The monoisotopic (exact) mass is 310 g/mol. The topological polar surface area (TPSA) is 26.3 Å². The number of cyclic esters (lactones) is 1. The van der Waals surface area contributed by atoms with E-state index in [9.17, 15) is 4.79 Å². The van der Waals surface area contributed by atoms with Gasteiger partial charge in [-0.15, -0.1) is 6.58 Å². The summed E-state index contributed by atoms with van der Waals surface area (Å²) in [4.78, 5) is 12.2. The van der Waals surface area contributed by atoms with E-state index in [1.54, 1.807) is 6.08 Å². The van der Waals surface area contributed by atoms with E-state index in [0.29, 0.717) is 13.0 Å². The Morgan fingerprint density at radius 1 is 1.27 bits per heavy atom. The highest BCUT2D eigenvalue weighted by atomic mass is 28.3. The van der Waals surface area contributed by atoms with E-state index in [2.05, 4.69) is 50.5 Å². The Morgan fingerprint density at radius 2 is 1.95 bits per heavy atom. The maximum absolute atomic E-state index is 12.2. The summed E-state index contributed by atoms with van der Waals surface area (Å²) in [6, 6.07) is 10.5. The van der Waals surface area contributed by atoms with E-state index in [1.807, 2.05) is 6.07 Å². The van der Waals surface area contributed by atoms with Gasteiger partial charge in [0.15, 0.2) is 0 Å². The molecule has 1 aromatic rings. The van der Waals surface area contributed by atoms with Crippen LogP contribution in [0.2, 0.25) is 19.6 Å². The lowest BCUT2D eigenvalue weighted by molar-refractivity contribution is -0.139. The van der Waals surface area contributed by atoms with Gasteiger partial charge < -0.3 is 4.74 Å². The second kappa shape index (κ2) is 5.40. The number of hydrogen-bond donors (Lipinski definition) is 0. The zero-order valence-electron chi connectivity index (χ0n) is 13.5. The molecule has 0 fully saturated rings. The minimum Gasteiger partial charge on any atom is -0.457 e. The highest BCUT2D eigenvalue weighted by Gasteiger charge is 2.46. The van der Waals surface area contributed by atoms with Gasteiger partial charge in [-0.05, 0) is 23.1 Å². The Labute approximate surface area is 133 Å². The Hall–Kier alpha value is -1.87. The Kier molecular flexibility index (Phi) is 3.69. The number of benzene rings is 1. The third-order valence-electron chi connectivity index (χ3n) is 4.44. The summed E-state index contributed by atoms with van der Waals surface area (Å²) < 4.78 is 5.41. The number of fused-ring (bicyclic) bond motifs is 1. The summed E-state index contributed by atoms with van der Waals surface area (Å²) in [7, 11) is -1.47. The van der Waals surface area contributed by atoms with Gasteiger partial charge in [-0.2, -0.15) is 0 Å². The normalized spacial score (nSPS) is 21.2. The van der Waals surface area contributed by atoms with Gasteiger partial charge in [-0.25, -0.2) is 4.79 Å². The van der Waals surface area contributed by atoms with Crippen molar-refractivity contribution in [2.75, 3.05) is 6.61 Å². The van der Waals surface area contributed by atoms with E-state index in [4.69, 9.17) is 4.74 Å². The molecule has 0 saturated carbocycles. The van der Waals surface area contributed by atoms with Gasteiger partial charge in [0.1, 0.15) is 6.61 Å². The molecule has 0 amide bonds. The summed E-state index contributed by atoms with van der Waals surface area (Å²) in [5, 5.41) is 1.53. The third-order valence-corrected chi connectivity index (χ3v) is 6.64. The van der Waals surface area contributed by atoms with E-state index in [0.717, 1.165) is 5.57 Å². The molecule has 0 radical (unpaired) electrons. The van der Waals surface area contributed by atoms with Crippen LogP contribution in [0.25, 0.3) is 0 Å². The van der Waals surface area contributed by atoms with Crippen LogP contribution < -0.4 is 0 Å². The van der Waals surface area contributed by atoms with Gasteiger partial charge in [0, 0.05) is 11.5 Å². The smallest absolute Gasteiger partial charge is 0.334 e. The molecule has 114 valence electrons. The summed E-state index contributed by atoms with van der Waals surface area (Å²) in [5.41, 5.74) is 4.58. The molecular weight excluding hydrogens is 288 g/mol. The molecule has 1 atom stereocenters. The maximum atomic E-state index is 12.2. The first-order chi connectivity index (χ1) is 10.4. The van der Waals surface area contributed by atoms with Crippen LogP contribution in [0, 0.1) is 0 Å². The molecule has 1 aromatic carbocycles. The lowest BCUT2D eigenvalue weighted by atomic mass is 9.72. The lowest BCUT2D eigenvalue weighted by Crippen LogP contribution is -2.42. The molecule has 0 bridgehead atoms. The van der Waals surface area contributed by atoms with Crippen molar-refractivity contribution >= 4 is 14.0 Å². The molecular formula is C19H22O2Si. The Balaban J connectivity index is 2.21. The van der Waals surface area contributed by atoms with Crippen LogP contribution in [0.4, 0.5) is 0 Å². The molecule has 0 aromatic heterocycles. The molecule has 2 nitrogen and oxygen atoms in total. The number of esters is 1. The van der Waals surface area contributed by atoms with Crippen molar-refractivity contribution in [2.45, 2.75) is 32.0 Å². The summed E-state index contributed by atoms with van der Waals surface area (Å²) in [6.45, 7) is 11.3. The largest absolute Gasteiger partial charge is 0.457 e. The van der Waals surface area contributed by atoms with Crippen molar-refractivity contribution in [1.29, 1.82) is 0 Å². The Morgan fingerprint density at radius 3 is 2.55 bits per heavy atom. The fraction of sp³-hybridized carbons (Fsp3) is 0.316. The van der Waals surface area contributed by atoms with Gasteiger partial charge in [-0.3, -0.25) is 0 Å². The number of allylic oxidation sites excluding steroid dienone is 2. The van der Waals surface area contributed by atoms with Crippen LogP contribution in [-0.2, 0) is 9.53 Å². The second-order valence-electron chi connectivity index (χ2n) is 6.95. The second-order valence-corrected chi connectivity index (χ2v) is 12.0. The molecule has 0 saturated heterocycles. The van der Waals surface area contributed by atoms with Crippen molar-refractivity contribution in [3.63, 3.8) is 0 Å². The molecule has 0 N–H and O–H groups in total. The molecule has 3 rings (SSSR count). The summed E-state index contributed by atoms with van der Waals surface area (Å²) in [6.07, 6.45) is 2.38. The zero-order chi connectivity index (χ0) is 15.9. The van der Waals surface area contributed by atoms with Crippen molar-refractivity contribution in [3.8, 4) is 0 Å². The fourth-order valence-corrected chi connectivity index (χ4v) is 5.90. The average Bonchev–Trinajstić information content (AvgIpc) is 2.43. The minimum atomic E-state index is -1.47. The molecule has 1 aliphatic carbocycles. The summed E-state index contributed by atoms with van der Waals surface area (Å²) >= 11 is 0. The highest BCUT2D eigenvalue weighted by Crippen LogP contribution is 2.54. The number of carbonyl (C=O) groups is 1. The Bertz CT molecular complexity index is 690. The predicted octanol–water partition coefficient (Wildman–Crippen LogP) is 4.39. The third kappa shape index (κ3) is 2.30. The first-order valence-electron chi connectivity index (χ1n) is 7.75. The van der Waals surface area contributed by atoms with E-state index >= 15 is 0 Å². The molecule has 1 unspecified atom stereocenters. The van der Waals surface area contributed by atoms with Gasteiger partial charge in [0.25, 0.3) is 0 Å². The lowest BCUT2D eigenvalue weighted by Gasteiger charge is -2.46. The fourth-order valence-electron chi connectivity index (χ4n) is 3.61. The molecule has 22 heavy (non-hydrogen) atoms. The van der Waals surface area contributed by atoms with Crippen LogP contribution >= 0.6 is 0 Å². The number of hydrogen-bond acceptors (Lipinski definition) is 2. The predicted molar refractivity (Wildman–Crippen MR) is 92.4 cm³/mol. The van der Waals surface area contributed by atoms with Crippen LogP contribution in [0.3, 0.4) is 0 Å². The van der Waals surface area contributed by atoms with Crippen LogP contribution in [-0.4, -0.2) is 20.7 Å². The van der Waals surface area contributed by atoms with Gasteiger partial charge in [0.05, 0.1) is 8.07 Å². The SMILES string of the molecule is C=CCC1=C2C(=C([Si](C)(C)C)C2c2ccccc2)COC1=O. The highest BCUT2D eigenvalue weighted by molar-refractivity contribution is 6.84. The molecule has 2 aliphatic rings. The standard InChI is InChI=1S/C19H22O2Si/c1-5-9-14-17-15(12-21-19(14)20)18(22(2,3)4)16(17)13-10-7-6-8-11-13/h5-8,10-11,16H,1,9,12H2,2-4H3. The maximum Gasteiger partial charge on any atom is 0.334 e.